The molecule has 0 aliphatic rings. The molecule has 2 aromatic rings. The van der Waals surface area contributed by atoms with Gasteiger partial charge in [0.15, 0.2) is 0 Å². The minimum absolute atomic E-state index is 0.165. The summed E-state index contributed by atoms with van der Waals surface area (Å²) in [4.78, 5) is 23.9. The zero-order valence-electron chi connectivity index (χ0n) is 14.1. The maximum Gasteiger partial charge on any atom is 0.408 e. The van der Waals surface area contributed by atoms with Crippen LogP contribution in [-0.2, 0) is 16.1 Å². The van der Waals surface area contributed by atoms with E-state index in [4.69, 9.17) is 4.74 Å². The van der Waals surface area contributed by atoms with Gasteiger partial charge in [-0.15, -0.1) is 0 Å². The highest BCUT2D eigenvalue weighted by Gasteiger charge is 2.16. The van der Waals surface area contributed by atoms with Crippen LogP contribution in [0.1, 0.15) is 23.6 Å². The van der Waals surface area contributed by atoms with E-state index in [1.54, 1.807) is 6.92 Å². The third-order valence-electron chi connectivity index (χ3n) is 3.71. The SMILES string of the molecule is Cc1ccc(NC(=O)[C@H](C)NC(=O)OCc2ccccc2)cc1C. The van der Waals surface area contributed by atoms with Crippen LogP contribution >= 0.6 is 0 Å². The van der Waals surface area contributed by atoms with Crippen LogP contribution in [0.15, 0.2) is 48.5 Å². The molecule has 0 fully saturated rings. The summed E-state index contributed by atoms with van der Waals surface area (Å²) in [6.45, 7) is 5.76. The third-order valence-corrected chi connectivity index (χ3v) is 3.71. The van der Waals surface area contributed by atoms with Crippen LogP contribution in [0.2, 0.25) is 0 Å². The van der Waals surface area contributed by atoms with E-state index in [1.807, 2.05) is 62.4 Å². The molecular formula is C19H22N2O3. The van der Waals surface area contributed by atoms with Crippen molar-refractivity contribution in [3.8, 4) is 0 Å². The Morgan fingerprint density at radius 1 is 1.04 bits per heavy atom. The van der Waals surface area contributed by atoms with Gasteiger partial charge in [-0.2, -0.15) is 0 Å². The van der Waals surface area contributed by atoms with Crippen molar-refractivity contribution in [1.29, 1.82) is 0 Å². The van der Waals surface area contributed by atoms with E-state index in [9.17, 15) is 9.59 Å². The normalized spacial score (nSPS) is 11.5. The quantitative estimate of drug-likeness (QED) is 0.883. The van der Waals surface area contributed by atoms with Crippen molar-refractivity contribution in [3.05, 3.63) is 65.2 Å². The number of rotatable bonds is 5. The summed E-state index contributed by atoms with van der Waals surface area (Å²) in [5.41, 5.74) is 3.84. The summed E-state index contributed by atoms with van der Waals surface area (Å²) in [5.74, 6) is -0.296. The monoisotopic (exact) mass is 326 g/mol. The van der Waals surface area contributed by atoms with E-state index in [2.05, 4.69) is 10.6 Å². The molecule has 2 N–H and O–H groups in total. The van der Waals surface area contributed by atoms with Crippen LogP contribution < -0.4 is 10.6 Å². The number of nitrogens with one attached hydrogen (secondary N) is 2. The van der Waals surface area contributed by atoms with Gasteiger partial charge in [-0.3, -0.25) is 4.79 Å². The molecule has 0 bridgehead atoms. The van der Waals surface area contributed by atoms with Gasteiger partial charge in [-0.25, -0.2) is 4.79 Å². The van der Waals surface area contributed by atoms with Gasteiger partial charge >= 0.3 is 6.09 Å². The Hall–Kier alpha value is -2.82. The molecule has 0 spiro atoms. The van der Waals surface area contributed by atoms with Gasteiger partial charge in [0.1, 0.15) is 12.6 Å². The fraction of sp³-hybridized carbons (Fsp3) is 0.263. The number of alkyl carbamates (subject to hydrolysis) is 1. The van der Waals surface area contributed by atoms with Gasteiger partial charge in [0, 0.05) is 5.69 Å². The summed E-state index contributed by atoms with van der Waals surface area (Å²) in [6.07, 6.45) is -0.624. The van der Waals surface area contributed by atoms with Crippen molar-refractivity contribution in [2.75, 3.05) is 5.32 Å². The lowest BCUT2D eigenvalue weighted by molar-refractivity contribution is -0.117. The second-order valence-electron chi connectivity index (χ2n) is 5.72. The summed E-state index contributed by atoms with van der Waals surface area (Å²) in [6, 6.07) is 14.3. The van der Waals surface area contributed by atoms with Crippen LogP contribution in [0.25, 0.3) is 0 Å². The topological polar surface area (TPSA) is 67.4 Å². The van der Waals surface area contributed by atoms with E-state index in [1.165, 1.54) is 0 Å². The highest BCUT2D eigenvalue weighted by molar-refractivity contribution is 5.96. The van der Waals surface area contributed by atoms with Crippen LogP contribution in [0.5, 0.6) is 0 Å². The number of aryl methyl sites for hydroxylation is 2. The molecule has 1 atom stereocenters. The maximum absolute atomic E-state index is 12.1. The van der Waals surface area contributed by atoms with Crippen molar-refractivity contribution in [2.24, 2.45) is 0 Å². The third kappa shape index (κ3) is 5.12. The summed E-state index contributed by atoms with van der Waals surface area (Å²) < 4.78 is 5.10. The molecule has 2 rings (SSSR count). The number of carbonyl (C=O) groups excluding carboxylic acids is 2. The number of amides is 2. The zero-order valence-corrected chi connectivity index (χ0v) is 14.1. The lowest BCUT2D eigenvalue weighted by atomic mass is 10.1. The van der Waals surface area contributed by atoms with E-state index < -0.39 is 12.1 Å². The minimum atomic E-state index is -0.699. The van der Waals surface area contributed by atoms with Gasteiger partial charge in [0.25, 0.3) is 0 Å². The number of ether oxygens (including phenoxy) is 1. The Morgan fingerprint density at radius 2 is 1.75 bits per heavy atom. The molecule has 2 aromatic carbocycles. The molecule has 126 valence electrons. The van der Waals surface area contributed by atoms with Crippen LogP contribution in [0, 0.1) is 13.8 Å². The molecule has 2 amide bonds. The van der Waals surface area contributed by atoms with E-state index in [0.717, 1.165) is 16.7 Å². The van der Waals surface area contributed by atoms with Crippen molar-refractivity contribution in [3.63, 3.8) is 0 Å². The largest absolute Gasteiger partial charge is 0.445 e. The molecule has 0 aromatic heterocycles. The first-order chi connectivity index (χ1) is 11.5. The standard InChI is InChI=1S/C19H22N2O3/c1-13-9-10-17(11-14(13)2)21-18(22)15(3)20-19(23)24-12-16-7-5-4-6-8-16/h4-11,15H,12H2,1-3H3,(H,20,23)(H,21,22)/t15-/m0/s1. The van der Waals surface area contributed by atoms with E-state index in [0.29, 0.717) is 5.69 Å². The lowest BCUT2D eigenvalue weighted by Crippen LogP contribution is -2.41. The molecule has 0 unspecified atom stereocenters. The van der Waals surface area contributed by atoms with Gasteiger partial charge in [-0.1, -0.05) is 36.4 Å². The highest BCUT2D eigenvalue weighted by Crippen LogP contribution is 2.14. The van der Waals surface area contributed by atoms with Gasteiger partial charge in [-0.05, 0) is 49.6 Å². The Kier molecular flexibility index (Phi) is 5.95. The van der Waals surface area contributed by atoms with Crippen molar-refractivity contribution in [1.82, 2.24) is 5.32 Å². The molecule has 0 saturated carbocycles. The minimum Gasteiger partial charge on any atom is -0.445 e. The van der Waals surface area contributed by atoms with Crippen molar-refractivity contribution >= 4 is 17.7 Å². The van der Waals surface area contributed by atoms with Crippen LogP contribution in [-0.4, -0.2) is 18.0 Å². The number of carbonyl (C=O) groups is 2. The number of hydrogen-bond donors (Lipinski definition) is 2. The molecular weight excluding hydrogens is 304 g/mol. The maximum atomic E-state index is 12.1. The number of anilines is 1. The molecule has 0 radical (unpaired) electrons. The average Bonchev–Trinajstić information content (AvgIpc) is 2.57. The van der Waals surface area contributed by atoms with Gasteiger partial charge in [0.2, 0.25) is 5.91 Å². The molecule has 24 heavy (non-hydrogen) atoms. The summed E-state index contributed by atoms with van der Waals surface area (Å²) in [5, 5.41) is 5.30. The number of hydrogen-bond acceptors (Lipinski definition) is 3. The smallest absolute Gasteiger partial charge is 0.408 e. The highest BCUT2D eigenvalue weighted by atomic mass is 16.5. The predicted molar refractivity (Wildman–Crippen MR) is 93.8 cm³/mol. The van der Waals surface area contributed by atoms with Gasteiger partial charge in [0.05, 0.1) is 0 Å². The van der Waals surface area contributed by atoms with E-state index >= 15 is 0 Å². The summed E-state index contributed by atoms with van der Waals surface area (Å²) >= 11 is 0. The fourth-order valence-electron chi connectivity index (χ4n) is 2.08. The van der Waals surface area contributed by atoms with E-state index in [-0.39, 0.29) is 12.5 Å². The number of benzene rings is 2. The lowest BCUT2D eigenvalue weighted by Gasteiger charge is -2.15. The fourth-order valence-corrected chi connectivity index (χ4v) is 2.08. The molecule has 5 heteroatoms. The first-order valence-corrected chi connectivity index (χ1v) is 7.81. The molecule has 0 aliphatic carbocycles. The zero-order chi connectivity index (χ0) is 17.5. The Labute approximate surface area is 142 Å². The second-order valence-corrected chi connectivity index (χ2v) is 5.72. The molecule has 0 aliphatic heterocycles. The van der Waals surface area contributed by atoms with Crippen LogP contribution in [0.4, 0.5) is 10.5 Å². The summed E-state index contributed by atoms with van der Waals surface area (Å²) in [7, 11) is 0. The molecule has 0 heterocycles. The van der Waals surface area contributed by atoms with Gasteiger partial charge < -0.3 is 15.4 Å². The Balaban J connectivity index is 1.82. The van der Waals surface area contributed by atoms with Crippen LogP contribution in [0.3, 0.4) is 0 Å². The Bertz CT molecular complexity index is 714. The predicted octanol–water partition coefficient (Wildman–Crippen LogP) is 3.56. The Morgan fingerprint density at radius 3 is 2.42 bits per heavy atom. The first kappa shape index (κ1) is 17.5. The molecule has 0 saturated heterocycles. The van der Waals surface area contributed by atoms with Crippen molar-refractivity contribution < 1.29 is 14.3 Å². The van der Waals surface area contributed by atoms with Crippen molar-refractivity contribution in [2.45, 2.75) is 33.4 Å². The average molecular weight is 326 g/mol. The first-order valence-electron chi connectivity index (χ1n) is 7.81. The molecule has 5 nitrogen and oxygen atoms in total. The second kappa shape index (κ2) is 8.15.